The Labute approximate surface area is 158 Å². The molecule has 2 aromatic heterocycles. The zero-order chi connectivity index (χ0) is 19.0. The maximum Gasteiger partial charge on any atom is 0.227 e. The highest BCUT2D eigenvalue weighted by Gasteiger charge is 2.28. The Morgan fingerprint density at radius 2 is 2.15 bits per heavy atom. The molecule has 0 N–H and O–H groups in total. The van der Waals surface area contributed by atoms with Crippen molar-refractivity contribution < 1.29 is 4.79 Å². The monoisotopic (exact) mass is 364 g/mol. The highest BCUT2D eigenvalue weighted by atomic mass is 16.2. The Kier molecular flexibility index (Phi) is 4.51. The molecule has 0 bridgehead atoms. The van der Waals surface area contributed by atoms with E-state index in [9.17, 15) is 4.79 Å². The molecule has 0 radical (unpaired) electrons. The molecule has 1 unspecified atom stereocenters. The van der Waals surface area contributed by atoms with Crippen molar-refractivity contribution in [1.82, 2.24) is 29.4 Å². The van der Waals surface area contributed by atoms with Gasteiger partial charge in [-0.2, -0.15) is 10.2 Å². The second kappa shape index (κ2) is 6.98. The SMILES string of the molecule is Cc1cc(C)n(-c2cccc(CN(C)C(=O)C3CCc4ncnn4C3)c2)n1. The highest BCUT2D eigenvalue weighted by Crippen LogP contribution is 2.21. The third-order valence-electron chi connectivity index (χ3n) is 5.12. The fourth-order valence-electron chi connectivity index (χ4n) is 3.78. The third kappa shape index (κ3) is 3.49. The van der Waals surface area contributed by atoms with Gasteiger partial charge in [0, 0.05) is 25.7 Å². The molecule has 0 fully saturated rings. The number of fused-ring (bicyclic) bond motifs is 1. The van der Waals surface area contributed by atoms with Crippen LogP contribution in [-0.2, 0) is 24.3 Å². The summed E-state index contributed by atoms with van der Waals surface area (Å²) in [6.45, 7) is 5.23. The van der Waals surface area contributed by atoms with E-state index >= 15 is 0 Å². The van der Waals surface area contributed by atoms with Gasteiger partial charge in [0.1, 0.15) is 12.2 Å². The first-order valence-electron chi connectivity index (χ1n) is 9.25. The number of hydrogen-bond acceptors (Lipinski definition) is 4. The first-order valence-corrected chi connectivity index (χ1v) is 9.25. The molecule has 0 saturated carbocycles. The van der Waals surface area contributed by atoms with Crippen LogP contribution < -0.4 is 0 Å². The van der Waals surface area contributed by atoms with Gasteiger partial charge in [0.2, 0.25) is 5.91 Å². The number of benzene rings is 1. The van der Waals surface area contributed by atoms with E-state index in [1.807, 2.05) is 47.3 Å². The lowest BCUT2D eigenvalue weighted by Crippen LogP contribution is -2.37. The summed E-state index contributed by atoms with van der Waals surface area (Å²) in [6, 6.07) is 10.3. The van der Waals surface area contributed by atoms with Crippen molar-refractivity contribution in [3.63, 3.8) is 0 Å². The smallest absolute Gasteiger partial charge is 0.227 e. The lowest BCUT2D eigenvalue weighted by Gasteiger charge is -2.27. The second-order valence-electron chi connectivity index (χ2n) is 7.30. The van der Waals surface area contributed by atoms with Gasteiger partial charge in [0.15, 0.2) is 0 Å². The van der Waals surface area contributed by atoms with Gasteiger partial charge in [-0.1, -0.05) is 12.1 Å². The van der Waals surface area contributed by atoms with Gasteiger partial charge in [-0.25, -0.2) is 14.3 Å². The molecule has 3 aromatic rings. The fraction of sp³-hybridized carbons (Fsp3) is 0.400. The fourth-order valence-corrected chi connectivity index (χ4v) is 3.78. The predicted molar refractivity (Wildman–Crippen MR) is 101 cm³/mol. The van der Waals surface area contributed by atoms with Crippen molar-refractivity contribution in [2.75, 3.05) is 7.05 Å². The average Bonchev–Trinajstić information content (AvgIpc) is 3.26. The zero-order valence-corrected chi connectivity index (χ0v) is 16.0. The molecule has 27 heavy (non-hydrogen) atoms. The van der Waals surface area contributed by atoms with Crippen molar-refractivity contribution >= 4 is 5.91 Å². The number of rotatable bonds is 4. The average molecular weight is 364 g/mol. The number of hydrogen-bond donors (Lipinski definition) is 0. The summed E-state index contributed by atoms with van der Waals surface area (Å²) in [5, 5.41) is 8.76. The van der Waals surface area contributed by atoms with Gasteiger partial charge in [-0.05, 0) is 44.0 Å². The van der Waals surface area contributed by atoms with Crippen LogP contribution >= 0.6 is 0 Å². The van der Waals surface area contributed by atoms with Gasteiger partial charge in [0.05, 0.1) is 23.8 Å². The van der Waals surface area contributed by atoms with Crippen LogP contribution in [-0.4, -0.2) is 42.4 Å². The molecule has 7 heteroatoms. The molecule has 0 spiro atoms. The molecule has 4 rings (SSSR count). The maximum atomic E-state index is 12.9. The van der Waals surface area contributed by atoms with E-state index in [1.54, 1.807) is 6.33 Å². The summed E-state index contributed by atoms with van der Waals surface area (Å²) in [5.74, 6) is 1.09. The minimum Gasteiger partial charge on any atom is -0.341 e. The molecular weight excluding hydrogens is 340 g/mol. The van der Waals surface area contributed by atoms with E-state index in [1.165, 1.54) is 0 Å². The van der Waals surface area contributed by atoms with Crippen molar-refractivity contribution in [3.8, 4) is 5.69 Å². The highest BCUT2D eigenvalue weighted by molar-refractivity contribution is 5.78. The number of aromatic nitrogens is 5. The minimum absolute atomic E-state index is 0.0385. The van der Waals surface area contributed by atoms with E-state index in [0.29, 0.717) is 13.1 Å². The van der Waals surface area contributed by atoms with Crippen LogP contribution in [0.5, 0.6) is 0 Å². The first-order chi connectivity index (χ1) is 13.0. The number of aryl methyl sites for hydroxylation is 3. The van der Waals surface area contributed by atoms with Crippen molar-refractivity contribution in [2.24, 2.45) is 5.92 Å². The van der Waals surface area contributed by atoms with Crippen LogP contribution in [0.2, 0.25) is 0 Å². The Morgan fingerprint density at radius 1 is 1.30 bits per heavy atom. The third-order valence-corrected chi connectivity index (χ3v) is 5.12. The molecule has 1 aliphatic rings. The number of carbonyl (C=O) groups is 1. The van der Waals surface area contributed by atoms with Crippen molar-refractivity contribution in [3.05, 3.63) is 59.4 Å². The van der Waals surface area contributed by atoms with Crippen LogP contribution in [0.4, 0.5) is 0 Å². The Hall–Kier alpha value is -2.96. The Balaban J connectivity index is 1.47. The molecular formula is C20H24N6O. The summed E-state index contributed by atoms with van der Waals surface area (Å²) in [7, 11) is 1.87. The van der Waals surface area contributed by atoms with E-state index in [-0.39, 0.29) is 11.8 Å². The molecule has 140 valence electrons. The van der Waals surface area contributed by atoms with Crippen molar-refractivity contribution in [1.29, 1.82) is 0 Å². The molecule has 1 amide bonds. The lowest BCUT2D eigenvalue weighted by atomic mass is 9.98. The summed E-state index contributed by atoms with van der Waals surface area (Å²) in [5.41, 5.74) is 4.20. The normalized spacial score (nSPS) is 16.2. The molecule has 0 saturated heterocycles. The van der Waals surface area contributed by atoms with Crippen molar-refractivity contribution in [2.45, 2.75) is 39.8 Å². The van der Waals surface area contributed by atoms with Crippen LogP contribution in [0.1, 0.15) is 29.2 Å². The Bertz CT molecular complexity index is 973. The molecule has 0 aliphatic carbocycles. The van der Waals surface area contributed by atoms with Crippen LogP contribution in [0.3, 0.4) is 0 Å². The largest absolute Gasteiger partial charge is 0.341 e. The summed E-state index contributed by atoms with van der Waals surface area (Å²) >= 11 is 0. The van der Waals surface area contributed by atoms with Gasteiger partial charge in [0.25, 0.3) is 0 Å². The van der Waals surface area contributed by atoms with Crippen LogP contribution in [0.25, 0.3) is 5.69 Å². The van der Waals surface area contributed by atoms with Gasteiger partial charge >= 0.3 is 0 Å². The number of nitrogens with zero attached hydrogens (tertiary/aromatic N) is 6. The maximum absolute atomic E-state index is 12.9. The summed E-state index contributed by atoms with van der Waals surface area (Å²) in [6.07, 6.45) is 3.20. The lowest BCUT2D eigenvalue weighted by molar-refractivity contribution is -0.135. The predicted octanol–water partition coefficient (Wildman–Crippen LogP) is 2.30. The topological polar surface area (TPSA) is 68.8 Å². The number of amides is 1. The molecule has 1 aromatic carbocycles. The standard InChI is InChI=1S/C20H24N6O/c1-14-9-15(2)26(23-14)18-6-4-5-16(10-18)11-24(3)20(27)17-7-8-19-21-13-22-25(19)12-17/h4-6,9-10,13,17H,7-8,11-12H2,1-3H3. The van der Waals surface area contributed by atoms with E-state index < -0.39 is 0 Å². The first kappa shape index (κ1) is 17.5. The van der Waals surface area contributed by atoms with E-state index in [0.717, 1.165) is 41.3 Å². The molecule has 3 heterocycles. The molecule has 7 nitrogen and oxygen atoms in total. The zero-order valence-electron chi connectivity index (χ0n) is 16.0. The molecule has 1 aliphatic heterocycles. The van der Waals surface area contributed by atoms with Crippen LogP contribution in [0.15, 0.2) is 36.7 Å². The summed E-state index contributed by atoms with van der Waals surface area (Å²) < 4.78 is 3.79. The van der Waals surface area contributed by atoms with Gasteiger partial charge < -0.3 is 4.90 Å². The van der Waals surface area contributed by atoms with Gasteiger partial charge in [-0.15, -0.1) is 0 Å². The number of carbonyl (C=O) groups excluding carboxylic acids is 1. The second-order valence-corrected chi connectivity index (χ2v) is 7.30. The quantitative estimate of drug-likeness (QED) is 0.712. The minimum atomic E-state index is -0.0385. The van der Waals surface area contributed by atoms with Crippen LogP contribution in [0, 0.1) is 19.8 Å². The van der Waals surface area contributed by atoms with E-state index in [4.69, 9.17) is 0 Å². The Morgan fingerprint density at radius 3 is 2.93 bits per heavy atom. The van der Waals surface area contributed by atoms with Gasteiger partial charge in [-0.3, -0.25) is 4.79 Å². The molecule has 1 atom stereocenters. The van der Waals surface area contributed by atoms with E-state index in [2.05, 4.69) is 33.4 Å². The summed E-state index contributed by atoms with van der Waals surface area (Å²) in [4.78, 5) is 18.9.